The highest BCUT2D eigenvalue weighted by Gasteiger charge is 2.18. The number of benzene rings is 2. The van der Waals surface area contributed by atoms with Crippen LogP contribution in [0.2, 0.25) is 0 Å². The number of anilines is 1. The van der Waals surface area contributed by atoms with E-state index in [0.29, 0.717) is 20.9 Å². The Kier molecular flexibility index (Phi) is 7.61. The van der Waals surface area contributed by atoms with Crippen LogP contribution in [-0.2, 0) is 6.42 Å². The molecule has 0 saturated carbocycles. The Bertz CT molecular complexity index is 1070. The minimum Gasteiger partial charge on any atom is -0.495 e. The fourth-order valence-corrected chi connectivity index (χ4v) is 5.37. The molecule has 0 aliphatic heterocycles. The van der Waals surface area contributed by atoms with Crippen LogP contribution >= 0.6 is 55.4 Å². The number of amides is 1. The maximum absolute atomic E-state index is 12.7. The van der Waals surface area contributed by atoms with Gasteiger partial charge in [-0.1, -0.05) is 46.7 Å². The number of ether oxygens (including phenoxy) is 1. The second-order valence-corrected chi connectivity index (χ2v) is 9.51. The van der Waals surface area contributed by atoms with Crippen molar-refractivity contribution in [1.29, 1.82) is 0 Å². The Balaban J connectivity index is 1.71. The van der Waals surface area contributed by atoms with Crippen LogP contribution in [0, 0.1) is 0 Å². The Morgan fingerprint density at radius 1 is 1.28 bits per heavy atom. The minimum atomic E-state index is -0.371. The van der Waals surface area contributed by atoms with Gasteiger partial charge in [0.2, 0.25) is 0 Å². The molecule has 3 aromatic rings. The van der Waals surface area contributed by atoms with Crippen molar-refractivity contribution in [3.63, 3.8) is 0 Å². The van der Waals surface area contributed by atoms with Crippen LogP contribution in [0.3, 0.4) is 0 Å². The lowest BCUT2D eigenvalue weighted by atomic mass is 10.1. The summed E-state index contributed by atoms with van der Waals surface area (Å²) in [6.07, 6.45) is 3.40. The third kappa shape index (κ3) is 5.53. The number of halogens is 2. The number of hydrogen-bond donors (Lipinski definition) is 2. The highest BCUT2D eigenvalue weighted by molar-refractivity contribution is 9.11. The second-order valence-electron chi connectivity index (χ2n) is 6.30. The summed E-state index contributed by atoms with van der Waals surface area (Å²) in [6, 6.07) is 9.78. The van der Waals surface area contributed by atoms with Gasteiger partial charge in [-0.25, -0.2) is 4.98 Å². The first-order chi connectivity index (χ1) is 13.9. The van der Waals surface area contributed by atoms with Gasteiger partial charge in [0.15, 0.2) is 10.2 Å². The number of thiazole rings is 1. The molecule has 0 bridgehead atoms. The van der Waals surface area contributed by atoms with Crippen LogP contribution in [0.15, 0.2) is 39.3 Å². The van der Waals surface area contributed by atoms with E-state index in [1.165, 1.54) is 36.9 Å². The van der Waals surface area contributed by atoms with Crippen molar-refractivity contribution >= 4 is 81.8 Å². The van der Waals surface area contributed by atoms with E-state index in [1.54, 1.807) is 6.07 Å². The molecule has 9 heteroatoms. The number of unbranched alkanes of at least 4 members (excludes halogenated alkanes) is 1. The summed E-state index contributed by atoms with van der Waals surface area (Å²) in [5.74, 6) is 0.0670. The van der Waals surface area contributed by atoms with Crippen LogP contribution in [0.5, 0.6) is 5.75 Å². The van der Waals surface area contributed by atoms with Gasteiger partial charge in [0.05, 0.1) is 27.4 Å². The number of hydrogen-bond acceptors (Lipinski definition) is 5. The fourth-order valence-electron chi connectivity index (χ4n) is 2.79. The van der Waals surface area contributed by atoms with Crippen LogP contribution < -0.4 is 15.4 Å². The zero-order valence-corrected chi connectivity index (χ0v) is 20.6. The highest BCUT2D eigenvalue weighted by Crippen LogP contribution is 2.32. The molecule has 0 unspecified atom stereocenters. The Hall–Kier alpha value is -1.55. The highest BCUT2D eigenvalue weighted by atomic mass is 79.9. The molecule has 1 amide bonds. The molecule has 0 saturated heterocycles. The van der Waals surface area contributed by atoms with Gasteiger partial charge >= 0.3 is 0 Å². The topological polar surface area (TPSA) is 63.2 Å². The van der Waals surface area contributed by atoms with Crippen LogP contribution in [0.25, 0.3) is 10.2 Å². The van der Waals surface area contributed by atoms with Gasteiger partial charge in [-0.3, -0.25) is 10.1 Å². The first-order valence-corrected chi connectivity index (χ1v) is 11.8. The molecule has 152 valence electrons. The number of aromatic nitrogens is 1. The smallest absolute Gasteiger partial charge is 0.261 e. The number of nitrogens with zero attached hydrogens (tertiary/aromatic N) is 1. The first-order valence-electron chi connectivity index (χ1n) is 8.96. The molecule has 2 aromatic carbocycles. The van der Waals surface area contributed by atoms with E-state index >= 15 is 0 Å². The van der Waals surface area contributed by atoms with Crippen molar-refractivity contribution < 1.29 is 9.53 Å². The molecular formula is C20H19Br2N3O2S2. The Morgan fingerprint density at radius 3 is 2.79 bits per heavy atom. The van der Waals surface area contributed by atoms with Crippen LogP contribution in [0.4, 0.5) is 5.13 Å². The van der Waals surface area contributed by atoms with Gasteiger partial charge in [-0.05, 0) is 70.8 Å². The normalized spacial score (nSPS) is 10.8. The van der Waals surface area contributed by atoms with E-state index < -0.39 is 0 Å². The Labute approximate surface area is 195 Å². The number of rotatable bonds is 6. The summed E-state index contributed by atoms with van der Waals surface area (Å²) >= 11 is 13.6. The third-order valence-corrected chi connectivity index (χ3v) is 6.36. The van der Waals surface area contributed by atoms with Gasteiger partial charge in [-0.15, -0.1) is 0 Å². The van der Waals surface area contributed by atoms with Gasteiger partial charge in [0, 0.05) is 4.47 Å². The van der Waals surface area contributed by atoms with Crippen molar-refractivity contribution in [2.45, 2.75) is 26.2 Å². The predicted octanol–water partition coefficient (Wildman–Crippen LogP) is 6.30. The number of methoxy groups -OCH3 is 1. The van der Waals surface area contributed by atoms with Crippen molar-refractivity contribution in [3.8, 4) is 5.75 Å². The minimum absolute atomic E-state index is 0.179. The summed E-state index contributed by atoms with van der Waals surface area (Å²) in [6.45, 7) is 2.19. The van der Waals surface area contributed by atoms with E-state index in [0.717, 1.165) is 21.1 Å². The molecule has 0 fully saturated rings. The Morgan fingerprint density at radius 2 is 2.07 bits per heavy atom. The predicted molar refractivity (Wildman–Crippen MR) is 130 cm³/mol. The molecule has 3 rings (SSSR count). The maximum atomic E-state index is 12.7. The lowest BCUT2D eigenvalue weighted by molar-refractivity contribution is 0.0974. The quantitative estimate of drug-likeness (QED) is 0.349. The molecule has 2 N–H and O–H groups in total. The average Bonchev–Trinajstić information content (AvgIpc) is 3.06. The molecule has 1 heterocycles. The lowest BCUT2D eigenvalue weighted by Gasteiger charge is -2.12. The van der Waals surface area contributed by atoms with E-state index in [4.69, 9.17) is 17.0 Å². The van der Waals surface area contributed by atoms with Gasteiger partial charge < -0.3 is 10.1 Å². The number of fused-ring (bicyclic) bond motifs is 1. The zero-order valence-electron chi connectivity index (χ0n) is 15.8. The monoisotopic (exact) mass is 555 g/mol. The van der Waals surface area contributed by atoms with E-state index in [1.807, 2.05) is 12.1 Å². The third-order valence-electron chi connectivity index (χ3n) is 4.18. The second kappa shape index (κ2) is 9.97. The van der Waals surface area contributed by atoms with Crippen molar-refractivity contribution in [2.75, 3.05) is 12.4 Å². The molecule has 1 aromatic heterocycles. The number of aryl methyl sites for hydroxylation is 1. The number of nitrogens with one attached hydrogen (secondary N) is 2. The summed E-state index contributed by atoms with van der Waals surface area (Å²) in [5, 5.41) is 6.51. The molecule has 0 radical (unpaired) electrons. The van der Waals surface area contributed by atoms with Crippen LogP contribution in [-0.4, -0.2) is 23.1 Å². The van der Waals surface area contributed by atoms with Crippen LogP contribution in [0.1, 0.15) is 35.7 Å². The summed E-state index contributed by atoms with van der Waals surface area (Å²) < 4.78 is 7.84. The van der Waals surface area contributed by atoms with E-state index in [2.05, 4.69) is 66.5 Å². The standard InChI is InChI=1S/C20H19Br2N3O2S2/c1-3-4-5-11-6-7-15-16(8-11)29-20(23-15)25-19(28)24-18(26)13-9-12(21)10-14(22)17(13)27-2/h6-10H,3-5H2,1-2H3,(H2,23,24,25,26,28). The molecule has 29 heavy (non-hydrogen) atoms. The van der Waals surface area contributed by atoms with Gasteiger partial charge in [0.25, 0.3) is 5.91 Å². The molecule has 0 aliphatic carbocycles. The average molecular weight is 557 g/mol. The first kappa shape index (κ1) is 22.1. The number of thiocarbonyl (C=S) groups is 1. The molecule has 0 atom stereocenters. The summed E-state index contributed by atoms with van der Waals surface area (Å²) in [5.41, 5.74) is 2.57. The van der Waals surface area contributed by atoms with Crippen molar-refractivity contribution in [1.82, 2.24) is 10.3 Å². The zero-order chi connectivity index (χ0) is 21.0. The fraction of sp³-hybridized carbons (Fsp3) is 0.250. The maximum Gasteiger partial charge on any atom is 0.261 e. The SMILES string of the molecule is CCCCc1ccc2nc(NC(=S)NC(=O)c3cc(Br)cc(Br)c3OC)sc2c1. The summed E-state index contributed by atoms with van der Waals surface area (Å²) in [7, 11) is 1.51. The van der Waals surface area contributed by atoms with Gasteiger partial charge in [-0.2, -0.15) is 0 Å². The van der Waals surface area contributed by atoms with E-state index in [9.17, 15) is 4.79 Å². The molecule has 5 nitrogen and oxygen atoms in total. The largest absolute Gasteiger partial charge is 0.495 e. The van der Waals surface area contributed by atoms with E-state index in [-0.39, 0.29) is 11.0 Å². The number of carbonyl (C=O) groups excluding carboxylic acids is 1. The lowest BCUT2D eigenvalue weighted by Crippen LogP contribution is -2.34. The molecule has 0 aliphatic rings. The van der Waals surface area contributed by atoms with Crippen molar-refractivity contribution in [3.05, 3.63) is 50.4 Å². The number of carbonyl (C=O) groups is 1. The molecule has 0 spiro atoms. The molecular weight excluding hydrogens is 538 g/mol. The van der Waals surface area contributed by atoms with Gasteiger partial charge in [0.1, 0.15) is 5.75 Å². The summed E-state index contributed by atoms with van der Waals surface area (Å²) in [4.78, 5) is 17.2. The van der Waals surface area contributed by atoms with Crippen molar-refractivity contribution in [2.24, 2.45) is 0 Å².